The highest BCUT2D eigenvalue weighted by molar-refractivity contribution is 6.74. The van der Waals surface area contributed by atoms with Crippen molar-refractivity contribution < 1.29 is 13.6 Å². The number of rotatable bonds is 20. The molecule has 0 aromatic rings. The molecule has 0 heterocycles. The molecular weight excluding hydrogens is 549 g/mol. The van der Waals surface area contributed by atoms with E-state index in [-0.39, 0.29) is 22.3 Å². The fourth-order valence-corrected chi connectivity index (χ4v) is 7.88. The molecule has 0 N–H and O–H groups in total. The first kappa shape index (κ1) is 41.5. The average Bonchev–Trinajstić information content (AvgIpc) is 2.84. The van der Waals surface area contributed by atoms with Gasteiger partial charge in [0.1, 0.15) is 5.78 Å². The second kappa shape index (κ2) is 17.9. The molecule has 3 nitrogen and oxygen atoms in total. The normalized spacial score (nSPS) is 17.6. The van der Waals surface area contributed by atoms with Crippen LogP contribution in [-0.4, -0.2) is 34.6 Å². The number of ketones is 1. The van der Waals surface area contributed by atoms with Crippen LogP contribution in [0.3, 0.4) is 0 Å². The molecule has 0 aromatic carbocycles. The van der Waals surface area contributed by atoms with E-state index >= 15 is 0 Å². The number of hydrogen-bond acceptors (Lipinski definition) is 3. The van der Waals surface area contributed by atoms with E-state index in [0.29, 0.717) is 42.3 Å². The second-order valence-corrected chi connectivity index (χ2v) is 26.5. The molecule has 248 valence electrons. The molecule has 0 bridgehead atoms. The van der Waals surface area contributed by atoms with Crippen LogP contribution in [0.15, 0.2) is 24.3 Å². The van der Waals surface area contributed by atoms with Crippen LogP contribution in [0, 0.1) is 23.7 Å². The van der Waals surface area contributed by atoms with Gasteiger partial charge in [0.15, 0.2) is 16.6 Å². The smallest absolute Gasteiger partial charge is 0.192 e. The molecule has 0 unspecified atom stereocenters. The standard InChI is InChI=1S/C37H74O3Si2/c1-18-29(4)22-27-34(39-41(14,15)36(8,9)10)30(5)23-25-33(38)26-24-32(7)35(31(6)21-19-20-28(2)3)40-42(16,17)37(11,12)13/h18,20,29-32,34-35H,1,19,21-27H2,2-17H3/t29-,30-,31-,32+,34+,35+/m1/s1. The van der Waals surface area contributed by atoms with Gasteiger partial charge in [-0.05, 0) is 112 Å². The van der Waals surface area contributed by atoms with Gasteiger partial charge in [0.05, 0.1) is 6.10 Å². The Labute approximate surface area is 266 Å². The van der Waals surface area contributed by atoms with Gasteiger partial charge in [0.25, 0.3) is 0 Å². The number of carbonyl (C=O) groups is 1. The number of hydrogen-bond donors (Lipinski definition) is 0. The van der Waals surface area contributed by atoms with Crippen LogP contribution in [0.2, 0.25) is 36.3 Å². The predicted octanol–water partition coefficient (Wildman–Crippen LogP) is 12.2. The molecule has 0 fully saturated rings. The minimum absolute atomic E-state index is 0.170. The van der Waals surface area contributed by atoms with Crippen LogP contribution < -0.4 is 0 Å². The molecule has 0 aliphatic carbocycles. The van der Waals surface area contributed by atoms with Gasteiger partial charge in [0.2, 0.25) is 0 Å². The van der Waals surface area contributed by atoms with E-state index in [1.807, 2.05) is 6.08 Å². The number of allylic oxidation sites excluding steroid dienone is 3. The van der Waals surface area contributed by atoms with E-state index in [2.05, 4.69) is 122 Å². The van der Waals surface area contributed by atoms with E-state index in [0.717, 1.165) is 38.5 Å². The van der Waals surface area contributed by atoms with Gasteiger partial charge in [-0.15, -0.1) is 6.58 Å². The Hall–Kier alpha value is -0.496. The van der Waals surface area contributed by atoms with Crippen molar-refractivity contribution in [3.05, 3.63) is 24.3 Å². The van der Waals surface area contributed by atoms with E-state index in [4.69, 9.17) is 8.85 Å². The molecule has 0 aliphatic heterocycles. The van der Waals surface area contributed by atoms with Crippen LogP contribution in [-0.2, 0) is 13.6 Å². The first-order valence-corrected chi connectivity index (χ1v) is 22.9. The molecule has 0 saturated heterocycles. The summed E-state index contributed by atoms with van der Waals surface area (Å²) < 4.78 is 14.0. The summed E-state index contributed by atoms with van der Waals surface area (Å²) in [5, 5.41) is 0.343. The fraction of sp³-hybridized carbons (Fsp3) is 0.865. The van der Waals surface area contributed by atoms with Gasteiger partial charge in [-0.1, -0.05) is 87.0 Å². The molecule has 0 aromatic heterocycles. The molecule has 0 aliphatic rings. The lowest BCUT2D eigenvalue weighted by Gasteiger charge is -2.43. The highest BCUT2D eigenvalue weighted by atomic mass is 28.4. The molecule has 6 atom stereocenters. The monoisotopic (exact) mass is 623 g/mol. The van der Waals surface area contributed by atoms with Gasteiger partial charge < -0.3 is 8.85 Å². The highest BCUT2D eigenvalue weighted by Gasteiger charge is 2.42. The molecule has 0 radical (unpaired) electrons. The summed E-state index contributed by atoms with van der Waals surface area (Å²) in [4.78, 5) is 13.2. The zero-order valence-electron chi connectivity index (χ0n) is 31.2. The second-order valence-electron chi connectivity index (χ2n) is 17.0. The molecule has 5 heteroatoms. The Kier molecular flexibility index (Phi) is 17.6. The summed E-state index contributed by atoms with van der Waals surface area (Å²) in [5.41, 5.74) is 1.38. The van der Waals surface area contributed by atoms with Crippen molar-refractivity contribution in [2.24, 2.45) is 23.7 Å². The van der Waals surface area contributed by atoms with Crippen LogP contribution >= 0.6 is 0 Å². The summed E-state index contributed by atoms with van der Waals surface area (Å²) in [5.74, 6) is 2.06. The Morgan fingerprint density at radius 3 is 1.62 bits per heavy atom. The SMILES string of the molecule is C=C[C@@H](C)CC[C@H](O[Si](C)(C)C(C)(C)C)[C@H](C)CCC(=O)CC[C@H](C)[C@@H](O[Si](C)(C)C(C)(C)C)[C@H](C)CCC=C(C)C. The molecule has 0 rings (SSSR count). The summed E-state index contributed by atoms with van der Waals surface area (Å²) in [6.45, 7) is 40.8. The minimum Gasteiger partial charge on any atom is -0.414 e. The van der Waals surface area contributed by atoms with Crippen LogP contribution in [0.25, 0.3) is 0 Å². The molecule has 0 spiro atoms. The summed E-state index contributed by atoms with van der Waals surface area (Å²) in [7, 11) is -3.82. The zero-order valence-corrected chi connectivity index (χ0v) is 33.2. The summed E-state index contributed by atoms with van der Waals surface area (Å²) in [6, 6.07) is 0. The Balaban J connectivity index is 5.40. The lowest BCUT2D eigenvalue weighted by Crippen LogP contribution is -2.47. The van der Waals surface area contributed by atoms with E-state index in [9.17, 15) is 4.79 Å². The van der Waals surface area contributed by atoms with Crippen molar-refractivity contribution in [3.63, 3.8) is 0 Å². The largest absolute Gasteiger partial charge is 0.414 e. The van der Waals surface area contributed by atoms with E-state index in [1.165, 1.54) is 5.57 Å². The Morgan fingerprint density at radius 2 is 1.17 bits per heavy atom. The van der Waals surface area contributed by atoms with Crippen LogP contribution in [0.1, 0.15) is 134 Å². The van der Waals surface area contributed by atoms with Crippen molar-refractivity contribution in [3.8, 4) is 0 Å². The lowest BCUT2D eigenvalue weighted by atomic mass is 9.86. The maximum Gasteiger partial charge on any atom is 0.192 e. The topological polar surface area (TPSA) is 35.5 Å². The minimum atomic E-state index is -1.92. The van der Waals surface area contributed by atoms with E-state index < -0.39 is 16.6 Å². The Morgan fingerprint density at radius 1 is 0.714 bits per heavy atom. The highest BCUT2D eigenvalue weighted by Crippen LogP contribution is 2.41. The van der Waals surface area contributed by atoms with Crippen molar-refractivity contribution in [1.29, 1.82) is 0 Å². The summed E-state index contributed by atoms with van der Waals surface area (Å²) >= 11 is 0. The van der Waals surface area contributed by atoms with Gasteiger partial charge in [0, 0.05) is 18.9 Å². The van der Waals surface area contributed by atoms with Crippen molar-refractivity contribution in [1.82, 2.24) is 0 Å². The van der Waals surface area contributed by atoms with Crippen LogP contribution in [0.4, 0.5) is 0 Å². The predicted molar refractivity (Wildman–Crippen MR) is 192 cm³/mol. The Bertz CT molecular complexity index is 827. The van der Waals surface area contributed by atoms with Crippen molar-refractivity contribution in [2.45, 2.75) is 183 Å². The molecular formula is C37H74O3Si2. The lowest BCUT2D eigenvalue weighted by molar-refractivity contribution is -0.120. The first-order valence-electron chi connectivity index (χ1n) is 17.1. The third-order valence-electron chi connectivity index (χ3n) is 10.5. The number of Topliss-reactive ketones (excluding diaryl/α,β-unsaturated/α-hetero) is 1. The van der Waals surface area contributed by atoms with Gasteiger partial charge in [-0.3, -0.25) is 4.79 Å². The van der Waals surface area contributed by atoms with Crippen molar-refractivity contribution in [2.75, 3.05) is 0 Å². The quantitative estimate of drug-likeness (QED) is 0.100. The van der Waals surface area contributed by atoms with Gasteiger partial charge >= 0.3 is 0 Å². The maximum atomic E-state index is 13.2. The maximum absolute atomic E-state index is 13.2. The first-order chi connectivity index (χ1) is 18.9. The molecule has 0 amide bonds. The van der Waals surface area contributed by atoms with Crippen LogP contribution in [0.5, 0.6) is 0 Å². The van der Waals surface area contributed by atoms with E-state index in [1.54, 1.807) is 0 Å². The van der Waals surface area contributed by atoms with Gasteiger partial charge in [-0.2, -0.15) is 0 Å². The molecule has 42 heavy (non-hydrogen) atoms. The zero-order chi connectivity index (χ0) is 33.1. The number of carbonyl (C=O) groups excluding carboxylic acids is 1. The molecule has 0 saturated carbocycles. The average molecular weight is 623 g/mol. The third-order valence-corrected chi connectivity index (χ3v) is 19.5. The fourth-order valence-electron chi connectivity index (χ4n) is 4.92. The summed E-state index contributed by atoms with van der Waals surface area (Å²) in [6.07, 6.45) is 12.2. The van der Waals surface area contributed by atoms with Crippen molar-refractivity contribution >= 4 is 22.4 Å². The third kappa shape index (κ3) is 15.0. The van der Waals surface area contributed by atoms with Gasteiger partial charge in [-0.25, -0.2) is 0 Å².